The SMILES string of the molecule is CC(NC(=O)COc1ccccc1)C(=O)Cl. The van der Waals surface area contributed by atoms with E-state index < -0.39 is 11.3 Å². The molecule has 1 aromatic carbocycles. The molecule has 1 aromatic rings. The number of carbonyl (C=O) groups excluding carboxylic acids is 2. The lowest BCUT2D eigenvalue weighted by atomic mass is 10.3. The summed E-state index contributed by atoms with van der Waals surface area (Å²) >= 11 is 5.20. The van der Waals surface area contributed by atoms with E-state index in [1.54, 1.807) is 24.3 Å². The molecule has 1 unspecified atom stereocenters. The second kappa shape index (κ2) is 6.12. The standard InChI is InChI=1S/C11H12ClNO3/c1-8(11(12)15)13-10(14)7-16-9-5-3-2-4-6-9/h2-6,8H,7H2,1H3,(H,13,14). The minimum Gasteiger partial charge on any atom is -0.484 e. The number of rotatable bonds is 5. The molecule has 1 amide bonds. The van der Waals surface area contributed by atoms with Gasteiger partial charge in [0, 0.05) is 0 Å². The summed E-state index contributed by atoms with van der Waals surface area (Å²) in [6.45, 7) is 1.37. The van der Waals surface area contributed by atoms with Crippen molar-refractivity contribution in [3.05, 3.63) is 30.3 Å². The van der Waals surface area contributed by atoms with E-state index in [1.165, 1.54) is 6.92 Å². The van der Waals surface area contributed by atoms with E-state index in [-0.39, 0.29) is 12.5 Å². The number of hydrogen-bond donors (Lipinski definition) is 1. The van der Waals surface area contributed by atoms with Crippen LogP contribution < -0.4 is 10.1 Å². The minimum atomic E-state index is -0.700. The number of carbonyl (C=O) groups is 2. The molecule has 0 aliphatic carbocycles. The van der Waals surface area contributed by atoms with E-state index in [0.29, 0.717) is 5.75 Å². The highest BCUT2D eigenvalue weighted by Gasteiger charge is 2.12. The predicted octanol–water partition coefficient (Wildman–Crippen LogP) is 1.34. The van der Waals surface area contributed by atoms with Gasteiger partial charge in [0.1, 0.15) is 11.8 Å². The van der Waals surface area contributed by atoms with Crippen LogP contribution in [-0.4, -0.2) is 23.8 Å². The van der Waals surface area contributed by atoms with Gasteiger partial charge in [0.15, 0.2) is 6.61 Å². The van der Waals surface area contributed by atoms with Gasteiger partial charge in [0.2, 0.25) is 5.24 Å². The molecule has 0 spiro atoms. The lowest BCUT2D eigenvalue weighted by molar-refractivity contribution is -0.126. The van der Waals surface area contributed by atoms with Crippen molar-refractivity contribution in [1.29, 1.82) is 0 Å². The number of ether oxygens (including phenoxy) is 1. The third-order valence-corrected chi connectivity index (χ3v) is 2.16. The summed E-state index contributed by atoms with van der Waals surface area (Å²) in [5.74, 6) is 0.216. The largest absolute Gasteiger partial charge is 0.484 e. The highest BCUT2D eigenvalue weighted by atomic mass is 35.5. The van der Waals surface area contributed by atoms with Gasteiger partial charge in [0.25, 0.3) is 5.91 Å². The van der Waals surface area contributed by atoms with Crippen LogP contribution in [0.3, 0.4) is 0 Å². The zero-order valence-electron chi connectivity index (χ0n) is 8.77. The molecule has 0 aliphatic rings. The molecule has 0 saturated carbocycles. The summed E-state index contributed by atoms with van der Waals surface area (Å²) in [5.41, 5.74) is 0. The molecule has 0 aromatic heterocycles. The molecule has 0 fully saturated rings. The Bertz CT molecular complexity index is 367. The van der Waals surface area contributed by atoms with Crippen LogP contribution in [0.4, 0.5) is 0 Å². The van der Waals surface area contributed by atoms with E-state index in [4.69, 9.17) is 16.3 Å². The number of nitrogens with one attached hydrogen (secondary N) is 1. The van der Waals surface area contributed by atoms with Crippen molar-refractivity contribution in [3.63, 3.8) is 0 Å². The van der Waals surface area contributed by atoms with Crippen LogP contribution in [0, 0.1) is 0 Å². The minimum absolute atomic E-state index is 0.140. The molecule has 0 aliphatic heterocycles. The molecule has 86 valence electrons. The Morgan fingerprint density at radius 3 is 2.56 bits per heavy atom. The first-order valence-electron chi connectivity index (χ1n) is 4.76. The molecule has 1 atom stereocenters. The third-order valence-electron chi connectivity index (χ3n) is 1.83. The van der Waals surface area contributed by atoms with Gasteiger partial charge in [0.05, 0.1) is 0 Å². The van der Waals surface area contributed by atoms with Crippen LogP contribution in [-0.2, 0) is 9.59 Å². The normalized spacial score (nSPS) is 11.6. The lowest BCUT2D eigenvalue weighted by Gasteiger charge is -2.10. The second-order valence-corrected chi connectivity index (χ2v) is 3.57. The van der Waals surface area contributed by atoms with Gasteiger partial charge in [-0.05, 0) is 30.7 Å². The summed E-state index contributed by atoms with van der Waals surface area (Å²) in [6, 6.07) is 8.23. The number of para-hydroxylation sites is 1. The van der Waals surface area contributed by atoms with Crippen molar-refractivity contribution in [1.82, 2.24) is 5.32 Å². The van der Waals surface area contributed by atoms with Crippen molar-refractivity contribution in [2.45, 2.75) is 13.0 Å². The quantitative estimate of drug-likeness (QED) is 0.792. The van der Waals surface area contributed by atoms with Gasteiger partial charge < -0.3 is 10.1 Å². The summed E-state index contributed by atoms with van der Waals surface area (Å²) in [4.78, 5) is 21.9. The first-order chi connectivity index (χ1) is 7.59. The molecule has 4 nitrogen and oxygen atoms in total. The number of halogens is 1. The zero-order chi connectivity index (χ0) is 12.0. The van der Waals surface area contributed by atoms with E-state index >= 15 is 0 Å². The number of benzene rings is 1. The molecule has 16 heavy (non-hydrogen) atoms. The first kappa shape index (κ1) is 12.5. The van der Waals surface area contributed by atoms with Crippen molar-refractivity contribution >= 4 is 22.8 Å². The Morgan fingerprint density at radius 2 is 2.00 bits per heavy atom. The Balaban J connectivity index is 2.33. The number of amides is 1. The van der Waals surface area contributed by atoms with Gasteiger partial charge in [-0.3, -0.25) is 9.59 Å². The van der Waals surface area contributed by atoms with Crippen molar-refractivity contribution in [2.75, 3.05) is 6.61 Å². The summed E-state index contributed by atoms with van der Waals surface area (Å²) in [6.07, 6.45) is 0. The van der Waals surface area contributed by atoms with Crippen LogP contribution in [0.1, 0.15) is 6.92 Å². The number of hydrogen-bond acceptors (Lipinski definition) is 3. The molecule has 0 heterocycles. The highest BCUT2D eigenvalue weighted by Crippen LogP contribution is 2.07. The lowest BCUT2D eigenvalue weighted by Crippen LogP contribution is -2.39. The van der Waals surface area contributed by atoms with Crippen molar-refractivity contribution < 1.29 is 14.3 Å². The van der Waals surface area contributed by atoms with Crippen LogP contribution in [0.15, 0.2) is 30.3 Å². The Kier molecular flexibility index (Phi) is 4.79. The first-order valence-corrected chi connectivity index (χ1v) is 5.14. The van der Waals surface area contributed by atoms with Crippen LogP contribution >= 0.6 is 11.6 Å². The molecular formula is C11H12ClNO3. The van der Waals surface area contributed by atoms with Crippen molar-refractivity contribution in [3.8, 4) is 5.75 Å². The highest BCUT2D eigenvalue weighted by molar-refractivity contribution is 6.64. The second-order valence-electron chi connectivity index (χ2n) is 3.20. The van der Waals surface area contributed by atoms with Gasteiger partial charge in [-0.25, -0.2) is 0 Å². The monoisotopic (exact) mass is 241 g/mol. The Morgan fingerprint density at radius 1 is 1.38 bits per heavy atom. The van der Waals surface area contributed by atoms with Crippen LogP contribution in [0.5, 0.6) is 5.75 Å². The van der Waals surface area contributed by atoms with Gasteiger partial charge in [-0.1, -0.05) is 18.2 Å². The fraction of sp³-hybridized carbons (Fsp3) is 0.273. The molecule has 1 rings (SSSR count). The molecular weight excluding hydrogens is 230 g/mol. The summed E-state index contributed by atoms with van der Waals surface area (Å²) < 4.78 is 5.18. The average molecular weight is 242 g/mol. The van der Waals surface area contributed by atoms with E-state index in [1.807, 2.05) is 6.07 Å². The van der Waals surface area contributed by atoms with Gasteiger partial charge in [-0.15, -0.1) is 0 Å². The van der Waals surface area contributed by atoms with Gasteiger partial charge in [-0.2, -0.15) is 0 Å². The summed E-state index contributed by atoms with van der Waals surface area (Å²) in [7, 11) is 0. The van der Waals surface area contributed by atoms with Crippen molar-refractivity contribution in [2.24, 2.45) is 0 Å². The van der Waals surface area contributed by atoms with E-state index in [0.717, 1.165) is 0 Å². The maximum absolute atomic E-state index is 11.3. The molecule has 5 heteroatoms. The van der Waals surface area contributed by atoms with E-state index in [2.05, 4.69) is 5.32 Å². The predicted molar refractivity (Wildman–Crippen MR) is 60.4 cm³/mol. The zero-order valence-corrected chi connectivity index (χ0v) is 9.53. The fourth-order valence-electron chi connectivity index (χ4n) is 1.01. The van der Waals surface area contributed by atoms with Gasteiger partial charge >= 0.3 is 0 Å². The average Bonchev–Trinajstić information content (AvgIpc) is 2.27. The smallest absolute Gasteiger partial charge is 0.258 e. The molecule has 0 radical (unpaired) electrons. The van der Waals surface area contributed by atoms with Crippen LogP contribution in [0.2, 0.25) is 0 Å². The Labute approximate surface area is 98.5 Å². The Hall–Kier alpha value is -1.55. The maximum Gasteiger partial charge on any atom is 0.258 e. The van der Waals surface area contributed by atoms with E-state index in [9.17, 15) is 9.59 Å². The maximum atomic E-state index is 11.3. The molecule has 1 N–H and O–H groups in total. The molecule has 0 saturated heterocycles. The molecule has 0 bridgehead atoms. The summed E-state index contributed by atoms with van der Waals surface area (Å²) in [5, 5.41) is 1.80. The fourth-order valence-corrected chi connectivity index (χ4v) is 1.06. The topological polar surface area (TPSA) is 55.4 Å². The van der Waals surface area contributed by atoms with Crippen LogP contribution in [0.25, 0.3) is 0 Å². The third kappa shape index (κ3) is 4.31.